The van der Waals surface area contributed by atoms with Gasteiger partial charge in [0, 0.05) is 11.3 Å². The normalized spacial score (nSPS) is 17.2. The van der Waals surface area contributed by atoms with Crippen molar-refractivity contribution in [2.24, 2.45) is 5.10 Å². The van der Waals surface area contributed by atoms with Gasteiger partial charge in [-0.1, -0.05) is 35.2 Å². The molecule has 0 saturated heterocycles. The molecule has 1 amide bonds. The van der Waals surface area contributed by atoms with Gasteiger partial charge in [-0.25, -0.2) is 5.01 Å². The van der Waals surface area contributed by atoms with Gasteiger partial charge >= 0.3 is 0 Å². The summed E-state index contributed by atoms with van der Waals surface area (Å²) in [5.74, 6) is 0.318. The first-order valence-corrected chi connectivity index (χ1v) is 10.8. The van der Waals surface area contributed by atoms with Crippen molar-refractivity contribution in [3.05, 3.63) is 50.3 Å². The van der Waals surface area contributed by atoms with E-state index >= 15 is 0 Å². The van der Waals surface area contributed by atoms with Crippen molar-refractivity contribution in [3.63, 3.8) is 0 Å². The predicted octanol–water partition coefficient (Wildman–Crippen LogP) is 4.13. The molecule has 24 heavy (non-hydrogen) atoms. The highest BCUT2D eigenvalue weighted by molar-refractivity contribution is 8.01. The third-order valence-corrected chi connectivity index (χ3v) is 7.24. The lowest BCUT2D eigenvalue weighted by Gasteiger charge is -2.20. The molecule has 0 fully saturated rings. The van der Waals surface area contributed by atoms with Gasteiger partial charge in [0.1, 0.15) is 5.51 Å². The molecule has 5 nitrogen and oxygen atoms in total. The number of rotatable bonds is 5. The third-order valence-electron chi connectivity index (χ3n) is 3.50. The van der Waals surface area contributed by atoms with Gasteiger partial charge in [0.25, 0.3) is 5.91 Å². The Morgan fingerprint density at radius 1 is 1.25 bits per heavy atom. The van der Waals surface area contributed by atoms with Gasteiger partial charge < -0.3 is 0 Å². The Morgan fingerprint density at radius 3 is 2.83 bits per heavy atom. The first kappa shape index (κ1) is 15.9. The molecule has 1 aliphatic rings. The van der Waals surface area contributed by atoms with Gasteiger partial charge in [0.2, 0.25) is 0 Å². The molecule has 0 N–H and O–H groups in total. The molecule has 122 valence electrons. The van der Waals surface area contributed by atoms with Crippen LogP contribution in [0.15, 0.2) is 50.0 Å². The van der Waals surface area contributed by atoms with Crippen LogP contribution < -0.4 is 0 Å². The average molecular weight is 393 g/mol. The van der Waals surface area contributed by atoms with Crippen LogP contribution in [0.3, 0.4) is 0 Å². The minimum atomic E-state index is -0.00961. The summed E-state index contributed by atoms with van der Waals surface area (Å²) >= 11 is 6.18. The van der Waals surface area contributed by atoms with Crippen molar-refractivity contribution in [2.75, 3.05) is 5.75 Å². The van der Waals surface area contributed by atoms with Crippen LogP contribution in [0.4, 0.5) is 0 Å². The van der Waals surface area contributed by atoms with E-state index < -0.39 is 0 Å². The number of carbonyl (C=O) groups excluding carboxylic acids is 1. The van der Waals surface area contributed by atoms with Crippen molar-refractivity contribution in [3.8, 4) is 0 Å². The summed E-state index contributed by atoms with van der Waals surface area (Å²) in [6, 6.07) is 8.14. The Kier molecular flexibility index (Phi) is 4.74. The summed E-state index contributed by atoms with van der Waals surface area (Å²) in [7, 11) is 0. The molecule has 1 aliphatic heterocycles. The van der Waals surface area contributed by atoms with Crippen LogP contribution in [0.2, 0.25) is 0 Å². The number of aromatic nitrogens is 2. The molecular formula is C15H12N4OS4. The Morgan fingerprint density at radius 2 is 2.12 bits per heavy atom. The molecule has 1 unspecified atom stereocenters. The Balaban J connectivity index is 1.55. The molecule has 4 heterocycles. The van der Waals surface area contributed by atoms with E-state index in [1.807, 2.05) is 22.9 Å². The van der Waals surface area contributed by atoms with Crippen LogP contribution in [0.25, 0.3) is 0 Å². The molecule has 3 aromatic heterocycles. The largest absolute Gasteiger partial charge is 0.272 e. The van der Waals surface area contributed by atoms with E-state index in [0.717, 1.165) is 21.3 Å². The molecule has 0 radical (unpaired) electrons. The molecule has 1 atom stereocenters. The topological polar surface area (TPSA) is 58.5 Å². The third kappa shape index (κ3) is 3.30. The highest BCUT2D eigenvalue weighted by atomic mass is 32.2. The van der Waals surface area contributed by atoms with Crippen molar-refractivity contribution in [1.29, 1.82) is 0 Å². The number of nitrogens with zero attached hydrogens (tertiary/aromatic N) is 4. The van der Waals surface area contributed by atoms with E-state index in [2.05, 4.69) is 27.4 Å². The number of thioether (sulfide) groups is 1. The number of hydrogen-bond donors (Lipinski definition) is 0. The Bertz CT molecular complexity index is 827. The van der Waals surface area contributed by atoms with Crippen molar-refractivity contribution < 1.29 is 4.79 Å². The number of hydrogen-bond acceptors (Lipinski definition) is 8. The summed E-state index contributed by atoms with van der Waals surface area (Å²) in [4.78, 5) is 15.0. The number of thiophene rings is 2. The quantitative estimate of drug-likeness (QED) is 0.613. The van der Waals surface area contributed by atoms with E-state index in [0.29, 0.717) is 5.75 Å². The van der Waals surface area contributed by atoms with Gasteiger partial charge in [-0.2, -0.15) is 5.10 Å². The van der Waals surface area contributed by atoms with E-state index in [1.165, 1.54) is 28.0 Å². The van der Waals surface area contributed by atoms with E-state index in [4.69, 9.17) is 0 Å². The molecule has 0 spiro atoms. The fraction of sp³-hybridized carbons (Fsp3) is 0.200. The van der Waals surface area contributed by atoms with Gasteiger partial charge in [-0.05, 0) is 22.9 Å². The summed E-state index contributed by atoms with van der Waals surface area (Å²) in [5, 5.41) is 18.1. The van der Waals surface area contributed by atoms with Crippen LogP contribution in [0, 0.1) is 0 Å². The molecule has 3 aromatic rings. The smallest absolute Gasteiger partial charge is 0.253 e. The average Bonchev–Trinajstić information content (AvgIpc) is 3.40. The second-order valence-corrected chi connectivity index (χ2v) is 8.97. The van der Waals surface area contributed by atoms with Crippen LogP contribution in [-0.2, 0) is 4.79 Å². The SMILES string of the molecule is O=C(CSc1nncs1)N1N=C(c2cccs2)CC1c1cccs1. The van der Waals surface area contributed by atoms with Crippen LogP contribution in [0.1, 0.15) is 22.2 Å². The summed E-state index contributed by atoms with van der Waals surface area (Å²) in [6.07, 6.45) is 0.760. The Labute approximate surface area is 155 Å². The minimum Gasteiger partial charge on any atom is -0.272 e. The van der Waals surface area contributed by atoms with Gasteiger partial charge in [-0.3, -0.25) is 4.79 Å². The second-order valence-electron chi connectivity index (χ2n) is 4.99. The zero-order chi connectivity index (χ0) is 16.4. The first-order chi connectivity index (χ1) is 11.8. The predicted molar refractivity (Wildman–Crippen MR) is 100 cm³/mol. The molecule has 9 heteroatoms. The maximum absolute atomic E-state index is 12.7. The monoisotopic (exact) mass is 392 g/mol. The van der Waals surface area contributed by atoms with Crippen LogP contribution >= 0.6 is 45.8 Å². The highest BCUT2D eigenvalue weighted by Gasteiger charge is 2.33. The van der Waals surface area contributed by atoms with Gasteiger partial charge in [-0.15, -0.1) is 32.9 Å². The summed E-state index contributed by atoms with van der Waals surface area (Å²) in [5.41, 5.74) is 2.65. The zero-order valence-corrected chi connectivity index (χ0v) is 15.6. The maximum Gasteiger partial charge on any atom is 0.253 e. The van der Waals surface area contributed by atoms with Crippen molar-refractivity contribution in [2.45, 2.75) is 16.8 Å². The van der Waals surface area contributed by atoms with E-state index in [-0.39, 0.29) is 11.9 Å². The number of amides is 1. The fourth-order valence-electron chi connectivity index (χ4n) is 2.45. The number of carbonyl (C=O) groups is 1. The van der Waals surface area contributed by atoms with Crippen molar-refractivity contribution >= 4 is 57.4 Å². The standard InChI is InChI=1S/C15H12N4OS4/c20-14(8-23-15-17-16-9-24-15)19-11(13-4-2-6-22-13)7-10(18-19)12-3-1-5-21-12/h1-6,9,11H,7-8H2. The van der Waals surface area contributed by atoms with Gasteiger partial charge in [0.15, 0.2) is 4.34 Å². The molecule has 0 aliphatic carbocycles. The molecule has 0 aromatic carbocycles. The summed E-state index contributed by atoms with van der Waals surface area (Å²) in [6.45, 7) is 0. The van der Waals surface area contributed by atoms with E-state index in [1.54, 1.807) is 33.2 Å². The molecule has 0 bridgehead atoms. The molecule has 4 rings (SSSR count). The molecular weight excluding hydrogens is 380 g/mol. The second kappa shape index (κ2) is 7.14. The lowest BCUT2D eigenvalue weighted by Crippen LogP contribution is -2.28. The fourth-order valence-corrected chi connectivity index (χ4v) is 5.32. The lowest BCUT2D eigenvalue weighted by molar-refractivity contribution is -0.130. The summed E-state index contributed by atoms with van der Waals surface area (Å²) < 4.78 is 0.803. The van der Waals surface area contributed by atoms with Crippen LogP contribution in [0.5, 0.6) is 0 Å². The lowest BCUT2D eigenvalue weighted by atomic mass is 10.1. The van der Waals surface area contributed by atoms with Crippen LogP contribution in [-0.4, -0.2) is 32.6 Å². The zero-order valence-electron chi connectivity index (χ0n) is 12.4. The van der Waals surface area contributed by atoms with Gasteiger partial charge in [0.05, 0.1) is 22.4 Å². The number of hydrazone groups is 1. The molecule has 0 saturated carbocycles. The van der Waals surface area contributed by atoms with E-state index in [9.17, 15) is 4.79 Å². The Hall–Kier alpha value is -1.55. The van der Waals surface area contributed by atoms with Crippen molar-refractivity contribution in [1.82, 2.24) is 15.2 Å². The highest BCUT2D eigenvalue weighted by Crippen LogP contribution is 2.36. The minimum absolute atomic E-state index is 0.000145. The maximum atomic E-state index is 12.7. The first-order valence-electron chi connectivity index (χ1n) is 7.17.